The van der Waals surface area contributed by atoms with Crippen molar-refractivity contribution in [3.05, 3.63) is 20.3 Å². The minimum absolute atomic E-state index is 0.130. The van der Waals surface area contributed by atoms with Crippen molar-refractivity contribution in [2.24, 2.45) is 0 Å². The van der Waals surface area contributed by atoms with Gasteiger partial charge in [-0.05, 0) is 54.6 Å². The second-order valence-corrected chi connectivity index (χ2v) is 7.73. The van der Waals surface area contributed by atoms with Gasteiger partial charge in [-0.2, -0.15) is 0 Å². The van der Waals surface area contributed by atoms with Crippen LogP contribution in [0.25, 0.3) is 0 Å². The summed E-state index contributed by atoms with van der Waals surface area (Å²) >= 11 is 9.29. The van der Waals surface area contributed by atoms with Gasteiger partial charge in [0.25, 0.3) is 0 Å². The molecule has 1 aromatic heterocycles. The predicted octanol–water partition coefficient (Wildman–Crippen LogP) is 5.21. The molecule has 1 atom stereocenters. The van der Waals surface area contributed by atoms with E-state index < -0.39 is 0 Å². The average Bonchev–Trinajstić information content (AvgIpc) is 2.51. The Labute approximate surface area is 118 Å². The number of thiophene rings is 1. The van der Waals surface area contributed by atoms with Crippen LogP contribution >= 0.6 is 43.2 Å². The molecule has 1 nitrogen and oxygen atoms in total. The van der Waals surface area contributed by atoms with Crippen molar-refractivity contribution in [2.75, 3.05) is 7.11 Å². The number of ether oxygens (including phenoxy) is 1. The van der Waals surface area contributed by atoms with Crippen molar-refractivity contribution in [1.82, 2.24) is 0 Å². The molecule has 0 amide bonds. The average molecular weight is 368 g/mol. The first-order chi connectivity index (χ1) is 7.56. The molecular formula is C12H16Br2OS. The lowest BCUT2D eigenvalue weighted by Gasteiger charge is -2.41. The number of alkyl halides is 1. The number of rotatable bonds is 4. The third kappa shape index (κ3) is 2.55. The predicted molar refractivity (Wildman–Crippen MR) is 76.6 cm³/mol. The molecule has 0 aromatic carbocycles. The number of halogens is 2. The van der Waals surface area contributed by atoms with Gasteiger partial charge in [-0.15, -0.1) is 11.3 Å². The van der Waals surface area contributed by atoms with Crippen LogP contribution in [0.15, 0.2) is 10.5 Å². The van der Waals surface area contributed by atoms with Crippen LogP contribution in [-0.4, -0.2) is 12.7 Å². The lowest BCUT2D eigenvalue weighted by atomic mass is 9.76. The largest absolute Gasteiger partial charge is 0.378 e. The molecule has 1 unspecified atom stereocenters. The standard InChI is InChI=1S/C12H16Br2OS/c1-8-6-9(13)11(16-8)10(14)7-12(15-2)4-3-5-12/h6,10H,3-5,7H2,1-2H3. The van der Waals surface area contributed by atoms with Gasteiger partial charge in [0.2, 0.25) is 0 Å². The van der Waals surface area contributed by atoms with E-state index in [0.717, 1.165) is 6.42 Å². The smallest absolute Gasteiger partial charge is 0.0693 e. The Kier molecular flexibility index (Phi) is 4.15. The molecule has 16 heavy (non-hydrogen) atoms. The highest BCUT2D eigenvalue weighted by atomic mass is 79.9. The molecule has 1 aliphatic rings. The summed E-state index contributed by atoms with van der Waals surface area (Å²) in [6.07, 6.45) is 4.78. The normalized spacial score (nSPS) is 20.5. The quantitative estimate of drug-likeness (QED) is 0.663. The van der Waals surface area contributed by atoms with E-state index in [-0.39, 0.29) is 5.60 Å². The van der Waals surface area contributed by atoms with Crippen LogP contribution < -0.4 is 0 Å². The van der Waals surface area contributed by atoms with Gasteiger partial charge in [-0.1, -0.05) is 15.9 Å². The first-order valence-corrected chi connectivity index (χ1v) is 8.04. The number of hydrogen-bond acceptors (Lipinski definition) is 2. The van der Waals surface area contributed by atoms with E-state index in [9.17, 15) is 0 Å². The zero-order valence-electron chi connectivity index (χ0n) is 9.56. The molecule has 0 aliphatic heterocycles. The van der Waals surface area contributed by atoms with E-state index in [4.69, 9.17) is 4.74 Å². The minimum atomic E-state index is 0.130. The van der Waals surface area contributed by atoms with Crippen LogP contribution in [0.4, 0.5) is 0 Å². The zero-order chi connectivity index (χ0) is 11.8. The highest BCUT2D eigenvalue weighted by Gasteiger charge is 2.39. The molecule has 0 bridgehead atoms. The Hall–Kier alpha value is 0.620. The van der Waals surface area contributed by atoms with Gasteiger partial charge in [-0.25, -0.2) is 0 Å². The fourth-order valence-electron chi connectivity index (χ4n) is 2.20. The van der Waals surface area contributed by atoms with Crippen molar-refractivity contribution in [2.45, 2.75) is 43.0 Å². The van der Waals surface area contributed by atoms with Crippen LogP contribution in [0.3, 0.4) is 0 Å². The van der Waals surface area contributed by atoms with E-state index in [2.05, 4.69) is 44.8 Å². The van der Waals surface area contributed by atoms with Crippen LogP contribution in [0.5, 0.6) is 0 Å². The molecule has 1 heterocycles. The number of hydrogen-bond donors (Lipinski definition) is 0. The van der Waals surface area contributed by atoms with Gasteiger partial charge in [-0.3, -0.25) is 0 Å². The summed E-state index contributed by atoms with van der Waals surface area (Å²) in [5.41, 5.74) is 0.130. The molecule has 90 valence electrons. The van der Waals surface area contributed by atoms with Gasteiger partial charge < -0.3 is 4.74 Å². The summed E-state index contributed by atoms with van der Waals surface area (Å²) in [5, 5.41) is 0. The Morgan fingerprint density at radius 3 is 2.62 bits per heavy atom. The Morgan fingerprint density at radius 2 is 2.25 bits per heavy atom. The fourth-order valence-corrected chi connectivity index (χ4v) is 5.53. The highest BCUT2D eigenvalue weighted by molar-refractivity contribution is 9.11. The van der Waals surface area contributed by atoms with Crippen molar-refractivity contribution in [3.63, 3.8) is 0 Å². The van der Waals surface area contributed by atoms with E-state index >= 15 is 0 Å². The Morgan fingerprint density at radius 1 is 1.56 bits per heavy atom. The van der Waals surface area contributed by atoms with Crippen molar-refractivity contribution < 1.29 is 4.74 Å². The first kappa shape index (κ1) is 13.1. The summed E-state index contributed by atoms with van der Waals surface area (Å²) in [5.74, 6) is 0. The third-order valence-electron chi connectivity index (χ3n) is 3.37. The van der Waals surface area contributed by atoms with Crippen molar-refractivity contribution in [1.29, 1.82) is 0 Å². The lowest BCUT2D eigenvalue weighted by molar-refractivity contribution is -0.0772. The monoisotopic (exact) mass is 366 g/mol. The van der Waals surface area contributed by atoms with E-state index in [1.807, 2.05) is 18.4 Å². The molecule has 2 rings (SSSR count). The van der Waals surface area contributed by atoms with Gasteiger partial charge in [0.05, 0.1) is 10.4 Å². The molecule has 0 spiro atoms. The topological polar surface area (TPSA) is 9.23 Å². The molecule has 1 aliphatic carbocycles. The van der Waals surface area contributed by atoms with Crippen LogP contribution in [-0.2, 0) is 4.74 Å². The maximum Gasteiger partial charge on any atom is 0.0693 e. The summed E-state index contributed by atoms with van der Waals surface area (Å²) in [6, 6.07) is 2.19. The zero-order valence-corrected chi connectivity index (χ0v) is 13.5. The highest BCUT2D eigenvalue weighted by Crippen LogP contribution is 2.47. The molecule has 0 saturated heterocycles. The first-order valence-electron chi connectivity index (χ1n) is 5.51. The molecule has 1 fully saturated rings. The van der Waals surface area contributed by atoms with Crippen LogP contribution in [0.1, 0.15) is 40.3 Å². The van der Waals surface area contributed by atoms with E-state index in [1.165, 1.54) is 33.5 Å². The van der Waals surface area contributed by atoms with Crippen molar-refractivity contribution >= 4 is 43.2 Å². The van der Waals surface area contributed by atoms with Crippen LogP contribution in [0.2, 0.25) is 0 Å². The summed E-state index contributed by atoms with van der Waals surface area (Å²) in [7, 11) is 1.84. The third-order valence-corrected chi connectivity index (χ3v) is 6.54. The van der Waals surface area contributed by atoms with Gasteiger partial charge >= 0.3 is 0 Å². The Bertz CT molecular complexity index is 366. The SMILES string of the molecule is COC1(CC(Br)c2sc(C)cc2Br)CCC1. The molecule has 0 radical (unpaired) electrons. The molecule has 1 aromatic rings. The molecular weight excluding hydrogens is 352 g/mol. The number of methoxy groups -OCH3 is 1. The second-order valence-electron chi connectivity index (χ2n) is 4.48. The second kappa shape index (κ2) is 5.09. The minimum Gasteiger partial charge on any atom is -0.378 e. The van der Waals surface area contributed by atoms with Gasteiger partial charge in [0.1, 0.15) is 0 Å². The van der Waals surface area contributed by atoms with E-state index in [1.54, 1.807) is 0 Å². The van der Waals surface area contributed by atoms with Gasteiger partial charge in [0.15, 0.2) is 0 Å². The maximum atomic E-state index is 5.67. The van der Waals surface area contributed by atoms with E-state index in [0.29, 0.717) is 4.83 Å². The summed E-state index contributed by atoms with van der Waals surface area (Å²) in [6.45, 7) is 2.15. The lowest BCUT2D eigenvalue weighted by Crippen LogP contribution is -2.39. The van der Waals surface area contributed by atoms with Crippen molar-refractivity contribution in [3.8, 4) is 0 Å². The van der Waals surface area contributed by atoms with Gasteiger partial charge in [0, 0.05) is 21.3 Å². The Balaban J connectivity index is 2.07. The maximum absolute atomic E-state index is 5.67. The number of aryl methyl sites for hydroxylation is 1. The molecule has 0 N–H and O–H groups in total. The van der Waals surface area contributed by atoms with Crippen LogP contribution in [0, 0.1) is 6.92 Å². The summed E-state index contributed by atoms with van der Waals surface area (Å²) in [4.78, 5) is 3.15. The molecule has 1 saturated carbocycles. The fraction of sp³-hybridized carbons (Fsp3) is 0.667. The molecule has 4 heteroatoms. The summed E-state index contributed by atoms with van der Waals surface area (Å²) < 4.78 is 6.90.